The lowest BCUT2D eigenvalue weighted by Crippen LogP contribution is -1.97. The first-order chi connectivity index (χ1) is 11.7. The average molecular weight is 320 g/mol. The smallest absolute Gasteiger partial charge is 0.330 e. The van der Waals surface area contributed by atoms with Crippen LogP contribution in [-0.4, -0.2) is 12.6 Å². The van der Waals surface area contributed by atoms with E-state index < -0.39 is 0 Å². The minimum absolute atomic E-state index is 0.359. The van der Waals surface area contributed by atoms with Crippen molar-refractivity contribution in [1.29, 1.82) is 0 Å². The van der Waals surface area contributed by atoms with E-state index in [4.69, 9.17) is 0 Å². The summed E-state index contributed by atoms with van der Waals surface area (Å²) in [5.74, 6) is -0.359. The van der Waals surface area contributed by atoms with Crippen LogP contribution in [0.15, 0.2) is 61.2 Å². The maximum absolute atomic E-state index is 10.1. The van der Waals surface area contributed by atoms with Crippen LogP contribution in [0.1, 0.15) is 38.3 Å². The van der Waals surface area contributed by atoms with E-state index in [1.807, 2.05) is 0 Å². The molecule has 2 heteroatoms. The second-order valence-electron chi connectivity index (χ2n) is 5.41. The number of ether oxygens (including phenoxy) is 1. The van der Waals surface area contributed by atoms with E-state index in [1.54, 1.807) is 6.92 Å². The number of carbonyl (C=O) groups excluding carboxylic acids is 1. The third-order valence-electron chi connectivity index (χ3n) is 3.99. The molecule has 0 fully saturated rings. The van der Waals surface area contributed by atoms with Gasteiger partial charge in [0, 0.05) is 6.08 Å². The highest BCUT2D eigenvalue weighted by Gasteiger charge is 2.20. The lowest BCUT2D eigenvalue weighted by atomic mass is 10.0. The fraction of sp³-hybridized carbons (Fsp3) is 0.227. The van der Waals surface area contributed by atoms with Crippen molar-refractivity contribution in [2.75, 3.05) is 6.61 Å². The molecule has 0 saturated heterocycles. The van der Waals surface area contributed by atoms with Gasteiger partial charge in [0.1, 0.15) is 0 Å². The summed E-state index contributed by atoms with van der Waals surface area (Å²) in [6.45, 7) is 9.70. The van der Waals surface area contributed by atoms with Gasteiger partial charge >= 0.3 is 5.97 Å². The Morgan fingerprint density at radius 2 is 1.79 bits per heavy atom. The molecule has 0 saturated carbocycles. The molecule has 0 spiro atoms. The Morgan fingerprint density at radius 3 is 2.29 bits per heavy atom. The Morgan fingerprint density at radius 1 is 1.12 bits per heavy atom. The molecule has 1 aliphatic rings. The first kappa shape index (κ1) is 17.7. The molecule has 0 bridgehead atoms. The van der Waals surface area contributed by atoms with Gasteiger partial charge in [0.05, 0.1) is 6.61 Å². The van der Waals surface area contributed by atoms with Gasteiger partial charge in [0.15, 0.2) is 0 Å². The van der Waals surface area contributed by atoms with Crippen LogP contribution in [-0.2, 0) is 9.53 Å². The summed E-state index contributed by atoms with van der Waals surface area (Å²) in [5, 5.41) is 2.78. The van der Waals surface area contributed by atoms with Crippen LogP contribution in [0.3, 0.4) is 0 Å². The van der Waals surface area contributed by atoms with Crippen molar-refractivity contribution in [3.8, 4) is 0 Å². The molecular weight excluding hydrogens is 296 g/mol. The summed E-state index contributed by atoms with van der Waals surface area (Å²) >= 11 is 0. The Balaban J connectivity index is 0.000000256. The standard InChI is InChI=1S/C17H16.C5H8O2/c1-3-7-14-13(4-2)15-10-5-8-12-9-6-11-16(14)17(12)15;1-3-5(6)7-4-2/h3,5-11H,4H2,1-2H3;3H,1,4H2,2H3/b7-3-;. The lowest BCUT2D eigenvalue weighted by molar-refractivity contribution is -0.137. The Hall–Kier alpha value is -2.61. The third-order valence-corrected chi connectivity index (χ3v) is 3.99. The number of rotatable bonds is 4. The molecule has 124 valence electrons. The topological polar surface area (TPSA) is 26.3 Å². The van der Waals surface area contributed by atoms with Crippen LogP contribution in [0.2, 0.25) is 0 Å². The van der Waals surface area contributed by atoms with Crippen molar-refractivity contribution in [1.82, 2.24) is 0 Å². The highest BCUT2D eigenvalue weighted by Crippen LogP contribution is 2.43. The number of carbonyl (C=O) groups is 1. The van der Waals surface area contributed by atoms with Crippen molar-refractivity contribution in [2.24, 2.45) is 0 Å². The maximum Gasteiger partial charge on any atom is 0.330 e. The molecule has 0 N–H and O–H groups in total. The molecule has 2 nitrogen and oxygen atoms in total. The van der Waals surface area contributed by atoms with E-state index >= 15 is 0 Å². The summed E-state index contributed by atoms with van der Waals surface area (Å²) in [6, 6.07) is 13.2. The van der Waals surface area contributed by atoms with Gasteiger partial charge in [-0.2, -0.15) is 0 Å². The molecule has 1 aliphatic carbocycles. The predicted octanol–water partition coefficient (Wildman–Crippen LogP) is 5.79. The third kappa shape index (κ3) is 3.48. The Labute approximate surface area is 144 Å². The summed E-state index contributed by atoms with van der Waals surface area (Å²) in [5.41, 5.74) is 5.71. The van der Waals surface area contributed by atoms with Crippen LogP contribution in [0, 0.1) is 0 Å². The van der Waals surface area contributed by atoms with Gasteiger partial charge in [-0.15, -0.1) is 0 Å². The number of hydrogen-bond acceptors (Lipinski definition) is 2. The van der Waals surface area contributed by atoms with Crippen molar-refractivity contribution < 1.29 is 9.53 Å². The summed E-state index contributed by atoms with van der Waals surface area (Å²) in [4.78, 5) is 10.1. The van der Waals surface area contributed by atoms with E-state index in [9.17, 15) is 4.79 Å². The summed E-state index contributed by atoms with van der Waals surface area (Å²) < 4.78 is 4.43. The zero-order valence-electron chi connectivity index (χ0n) is 14.6. The van der Waals surface area contributed by atoms with Gasteiger partial charge in [-0.25, -0.2) is 4.79 Å². The highest BCUT2D eigenvalue weighted by molar-refractivity contribution is 6.15. The molecule has 0 amide bonds. The van der Waals surface area contributed by atoms with Gasteiger partial charge in [-0.3, -0.25) is 0 Å². The van der Waals surface area contributed by atoms with Crippen molar-refractivity contribution in [2.45, 2.75) is 27.2 Å². The molecule has 2 aromatic carbocycles. The van der Waals surface area contributed by atoms with Crippen molar-refractivity contribution in [3.63, 3.8) is 0 Å². The molecule has 2 aromatic rings. The minimum atomic E-state index is -0.359. The number of esters is 1. The first-order valence-electron chi connectivity index (χ1n) is 8.35. The predicted molar refractivity (Wildman–Crippen MR) is 103 cm³/mol. The van der Waals surface area contributed by atoms with E-state index in [1.165, 1.54) is 33.0 Å². The average Bonchev–Trinajstić information content (AvgIpc) is 2.91. The molecular formula is C22H24O2. The molecule has 3 rings (SSSR count). The lowest BCUT2D eigenvalue weighted by Gasteiger charge is -2.02. The van der Waals surface area contributed by atoms with Crippen LogP contribution < -0.4 is 0 Å². The molecule has 0 heterocycles. The van der Waals surface area contributed by atoms with E-state index in [2.05, 4.69) is 73.7 Å². The highest BCUT2D eigenvalue weighted by atomic mass is 16.5. The quantitative estimate of drug-likeness (QED) is 0.527. The number of hydrogen-bond donors (Lipinski definition) is 0. The molecule has 0 atom stereocenters. The van der Waals surface area contributed by atoms with E-state index in [-0.39, 0.29) is 5.97 Å². The Bertz CT molecular complexity index is 805. The van der Waals surface area contributed by atoms with Crippen LogP contribution in [0.5, 0.6) is 0 Å². The van der Waals surface area contributed by atoms with Gasteiger partial charge in [-0.05, 0) is 53.3 Å². The maximum atomic E-state index is 10.1. The van der Waals surface area contributed by atoms with Gasteiger partial charge < -0.3 is 4.74 Å². The molecule has 0 unspecified atom stereocenters. The second-order valence-corrected chi connectivity index (χ2v) is 5.41. The van der Waals surface area contributed by atoms with Crippen molar-refractivity contribution >= 4 is 27.9 Å². The summed E-state index contributed by atoms with van der Waals surface area (Å²) in [7, 11) is 0. The molecule has 0 radical (unpaired) electrons. The van der Waals surface area contributed by atoms with Crippen LogP contribution in [0.4, 0.5) is 0 Å². The van der Waals surface area contributed by atoms with Crippen molar-refractivity contribution in [3.05, 3.63) is 72.3 Å². The summed E-state index contributed by atoms with van der Waals surface area (Å²) in [6.07, 6.45) is 6.61. The zero-order valence-corrected chi connectivity index (χ0v) is 14.6. The van der Waals surface area contributed by atoms with Crippen LogP contribution >= 0.6 is 0 Å². The SMILES string of the molecule is C/C=C\C1=C(CC)c2cccc3cccc1c23.C=CC(=O)OCC. The van der Waals surface area contributed by atoms with Gasteiger partial charge in [0.2, 0.25) is 0 Å². The largest absolute Gasteiger partial charge is 0.463 e. The minimum Gasteiger partial charge on any atom is -0.463 e. The molecule has 0 aliphatic heterocycles. The second kappa shape index (κ2) is 8.30. The zero-order chi connectivity index (χ0) is 17.5. The Kier molecular flexibility index (Phi) is 6.14. The van der Waals surface area contributed by atoms with Gasteiger partial charge in [0.25, 0.3) is 0 Å². The molecule has 24 heavy (non-hydrogen) atoms. The van der Waals surface area contributed by atoms with E-state index in [0.717, 1.165) is 12.5 Å². The van der Waals surface area contributed by atoms with Gasteiger partial charge in [-0.1, -0.05) is 62.1 Å². The number of allylic oxidation sites excluding steroid dienone is 4. The fourth-order valence-corrected chi connectivity index (χ4v) is 3.06. The molecule has 0 aromatic heterocycles. The van der Waals surface area contributed by atoms with Crippen LogP contribution in [0.25, 0.3) is 21.9 Å². The first-order valence-corrected chi connectivity index (χ1v) is 8.35. The number of benzene rings is 2. The van der Waals surface area contributed by atoms with E-state index in [0.29, 0.717) is 6.61 Å². The monoisotopic (exact) mass is 320 g/mol. The normalized spacial score (nSPS) is 12.3. The fourth-order valence-electron chi connectivity index (χ4n) is 3.06.